The minimum absolute atomic E-state index is 0.124. The highest BCUT2D eigenvalue weighted by Gasteiger charge is 2.11. The highest BCUT2D eigenvalue weighted by atomic mass is 16.5. The second kappa shape index (κ2) is 9.10. The van der Waals surface area contributed by atoms with E-state index in [1.807, 2.05) is 0 Å². The Kier molecular flexibility index (Phi) is 6.12. The van der Waals surface area contributed by atoms with E-state index in [0.29, 0.717) is 34.9 Å². The molecule has 1 aromatic heterocycles. The second-order valence-electron chi connectivity index (χ2n) is 5.82. The van der Waals surface area contributed by atoms with Crippen LogP contribution in [0.4, 0.5) is 17.2 Å². The van der Waals surface area contributed by atoms with E-state index < -0.39 is 11.9 Å². The van der Waals surface area contributed by atoms with Gasteiger partial charge in [0.2, 0.25) is 0 Å². The highest BCUT2D eigenvalue weighted by Crippen LogP contribution is 2.18. The van der Waals surface area contributed by atoms with Crippen molar-refractivity contribution >= 4 is 29.1 Å². The van der Waals surface area contributed by atoms with Gasteiger partial charge in [0.15, 0.2) is 0 Å². The molecule has 0 radical (unpaired) electrons. The van der Waals surface area contributed by atoms with Crippen LogP contribution in [0.5, 0.6) is 0 Å². The molecule has 0 fully saturated rings. The van der Waals surface area contributed by atoms with E-state index in [-0.39, 0.29) is 5.69 Å². The average molecular weight is 387 g/mol. The van der Waals surface area contributed by atoms with Crippen molar-refractivity contribution < 1.29 is 14.3 Å². The monoisotopic (exact) mass is 387 g/mol. The number of hydrogen-bond acceptors (Lipinski definition) is 7. The van der Waals surface area contributed by atoms with Gasteiger partial charge in [-0.15, -0.1) is 0 Å². The lowest BCUT2D eigenvalue weighted by molar-refractivity contribution is 0.0526. The smallest absolute Gasteiger partial charge is 0.338 e. The Morgan fingerprint density at radius 3 is 2.48 bits per heavy atom. The predicted octanol–water partition coefficient (Wildman–Crippen LogP) is 3.52. The molecule has 144 valence electrons. The molecule has 0 bridgehead atoms. The largest absolute Gasteiger partial charge is 0.462 e. The molecule has 29 heavy (non-hydrogen) atoms. The Hall–Kier alpha value is -4.25. The first-order valence-electron chi connectivity index (χ1n) is 8.77. The highest BCUT2D eigenvalue weighted by molar-refractivity contribution is 6.03. The maximum absolute atomic E-state index is 12.3. The van der Waals surface area contributed by atoms with Crippen molar-refractivity contribution in [2.45, 2.75) is 6.92 Å². The Morgan fingerprint density at radius 1 is 1.07 bits per heavy atom. The van der Waals surface area contributed by atoms with Crippen LogP contribution in [0.2, 0.25) is 0 Å². The number of nitriles is 1. The summed E-state index contributed by atoms with van der Waals surface area (Å²) in [5, 5.41) is 14.8. The van der Waals surface area contributed by atoms with E-state index >= 15 is 0 Å². The van der Waals surface area contributed by atoms with E-state index in [0.717, 1.165) is 0 Å². The third-order valence-corrected chi connectivity index (χ3v) is 3.85. The number of nitrogens with one attached hydrogen (secondary N) is 2. The Bertz CT molecular complexity index is 1060. The molecule has 0 aliphatic heterocycles. The van der Waals surface area contributed by atoms with Gasteiger partial charge in [0.25, 0.3) is 5.91 Å². The first-order chi connectivity index (χ1) is 14.1. The molecule has 2 N–H and O–H groups in total. The fourth-order valence-corrected chi connectivity index (χ4v) is 2.44. The van der Waals surface area contributed by atoms with Gasteiger partial charge in [0.1, 0.15) is 17.6 Å². The maximum atomic E-state index is 12.3. The van der Waals surface area contributed by atoms with Gasteiger partial charge >= 0.3 is 5.97 Å². The van der Waals surface area contributed by atoms with Crippen molar-refractivity contribution in [1.82, 2.24) is 9.97 Å². The summed E-state index contributed by atoms with van der Waals surface area (Å²) < 4.78 is 4.92. The minimum Gasteiger partial charge on any atom is -0.462 e. The number of nitrogens with zero attached hydrogens (tertiary/aromatic N) is 3. The van der Waals surface area contributed by atoms with Crippen molar-refractivity contribution in [3.8, 4) is 6.07 Å². The van der Waals surface area contributed by atoms with Crippen LogP contribution < -0.4 is 10.6 Å². The molecule has 0 atom stereocenters. The van der Waals surface area contributed by atoms with Gasteiger partial charge in [-0.1, -0.05) is 12.1 Å². The summed E-state index contributed by atoms with van der Waals surface area (Å²) in [5.41, 5.74) is 2.11. The van der Waals surface area contributed by atoms with Crippen molar-refractivity contribution in [2.24, 2.45) is 0 Å². The van der Waals surface area contributed by atoms with E-state index in [4.69, 9.17) is 10.00 Å². The second-order valence-corrected chi connectivity index (χ2v) is 5.82. The third-order valence-electron chi connectivity index (χ3n) is 3.85. The van der Waals surface area contributed by atoms with Crippen LogP contribution in [-0.4, -0.2) is 28.5 Å². The standard InChI is InChI=1S/C21H17N5O3/c1-2-29-21(28)14-7-9-16(10-8-14)25-20(27)18-12-24-19(13-23-18)26-17-6-4-3-5-15(17)11-22/h3-10,12-13H,2H2,1H3,(H,24,26)(H,25,27). The molecule has 0 saturated heterocycles. The van der Waals surface area contributed by atoms with Crippen LogP contribution in [0.1, 0.15) is 33.3 Å². The van der Waals surface area contributed by atoms with Crippen molar-refractivity contribution in [3.63, 3.8) is 0 Å². The van der Waals surface area contributed by atoms with Crippen LogP contribution in [0.25, 0.3) is 0 Å². The lowest BCUT2D eigenvalue weighted by Gasteiger charge is -2.08. The Labute approximate surface area is 167 Å². The fraction of sp³-hybridized carbons (Fsp3) is 0.0952. The number of para-hydroxylation sites is 1. The van der Waals surface area contributed by atoms with Gasteiger partial charge < -0.3 is 15.4 Å². The molecule has 3 rings (SSSR count). The van der Waals surface area contributed by atoms with Gasteiger partial charge in [0, 0.05) is 5.69 Å². The SMILES string of the molecule is CCOC(=O)c1ccc(NC(=O)c2cnc(Nc3ccccc3C#N)cn2)cc1. The summed E-state index contributed by atoms with van der Waals surface area (Å²) in [4.78, 5) is 32.3. The number of carbonyl (C=O) groups excluding carboxylic acids is 2. The molecular formula is C21H17N5O3. The molecule has 1 amide bonds. The van der Waals surface area contributed by atoms with Gasteiger partial charge in [-0.25, -0.2) is 14.8 Å². The third kappa shape index (κ3) is 4.93. The summed E-state index contributed by atoms with van der Waals surface area (Å²) in [6.45, 7) is 2.03. The average Bonchev–Trinajstić information content (AvgIpc) is 2.75. The number of rotatable bonds is 6. The van der Waals surface area contributed by atoms with Crippen molar-refractivity contribution in [1.29, 1.82) is 5.26 Å². The number of benzene rings is 2. The van der Waals surface area contributed by atoms with E-state index in [9.17, 15) is 9.59 Å². The summed E-state index contributed by atoms with van der Waals surface area (Å²) in [5.74, 6) is -0.453. The summed E-state index contributed by atoms with van der Waals surface area (Å²) in [7, 11) is 0. The Morgan fingerprint density at radius 2 is 1.83 bits per heavy atom. The van der Waals surface area contributed by atoms with E-state index in [2.05, 4.69) is 26.7 Å². The molecule has 0 saturated carbocycles. The maximum Gasteiger partial charge on any atom is 0.338 e. The number of ether oxygens (including phenoxy) is 1. The predicted molar refractivity (Wildman–Crippen MR) is 107 cm³/mol. The van der Waals surface area contributed by atoms with Crippen molar-refractivity contribution in [2.75, 3.05) is 17.2 Å². The first-order valence-corrected chi connectivity index (χ1v) is 8.77. The van der Waals surface area contributed by atoms with Crippen LogP contribution in [-0.2, 0) is 4.74 Å². The fourth-order valence-electron chi connectivity index (χ4n) is 2.44. The molecule has 8 heteroatoms. The zero-order valence-electron chi connectivity index (χ0n) is 15.5. The quantitative estimate of drug-likeness (QED) is 0.621. The summed E-state index contributed by atoms with van der Waals surface area (Å²) in [6, 6.07) is 15.4. The molecule has 0 aliphatic carbocycles. The molecule has 0 unspecified atom stereocenters. The Balaban J connectivity index is 1.64. The number of amides is 1. The van der Waals surface area contributed by atoms with Crippen LogP contribution >= 0.6 is 0 Å². The van der Waals surface area contributed by atoms with Gasteiger partial charge in [0.05, 0.1) is 35.8 Å². The molecule has 2 aromatic carbocycles. The number of hydrogen-bond donors (Lipinski definition) is 2. The summed E-state index contributed by atoms with van der Waals surface area (Å²) in [6.07, 6.45) is 2.74. The zero-order valence-corrected chi connectivity index (χ0v) is 15.5. The molecule has 1 heterocycles. The van der Waals surface area contributed by atoms with Crippen molar-refractivity contribution in [3.05, 3.63) is 77.7 Å². The van der Waals surface area contributed by atoms with Gasteiger partial charge in [-0.2, -0.15) is 5.26 Å². The lowest BCUT2D eigenvalue weighted by atomic mass is 10.2. The van der Waals surface area contributed by atoms with E-state index in [1.165, 1.54) is 12.4 Å². The summed E-state index contributed by atoms with van der Waals surface area (Å²) >= 11 is 0. The number of aromatic nitrogens is 2. The normalized spacial score (nSPS) is 9.93. The number of esters is 1. The first kappa shape index (κ1) is 19.5. The molecular weight excluding hydrogens is 370 g/mol. The van der Waals surface area contributed by atoms with Gasteiger partial charge in [-0.3, -0.25) is 4.79 Å². The lowest BCUT2D eigenvalue weighted by Crippen LogP contribution is -2.14. The molecule has 3 aromatic rings. The van der Waals surface area contributed by atoms with E-state index in [1.54, 1.807) is 55.5 Å². The van der Waals surface area contributed by atoms with Crippen LogP contribution in [0.3, 0.4) is 0 Å². The minimum atomic E-state index is -0.439. The molecule has 0 spiro atoms. The van der Waals surface area contributed by atoms with Crippen LogP contribution in [0, 0.1) is 11.3 Å². The topological polar surface area (TPSA) is 117 Å². The van der Waals surface area contributed by atoms with Gasteiger partial charge in [-0.05, 0) is 43.3 Å². The molecule has 8 nitrogen and oxygen atoms in total. The molecule has 0 aliphatic rings. The number of anilines is 3. The number of carbonyl (C=O) groups is 2. The van der Waals surface area contributed by atoms with Crippen LogP contribution in [0.15, 0.2) is 60.9 Å². The zero-order chi connectivity index (χ0) is 20.6.